The van der Waals surface area contributed by atoms with Gasteiger partial charge in [0.1, 0.15) is 0 Å². The molecule has 0 spiro atoms. The molecule has 3 nitrogen and oxygen atoms in total. The van der Waals surface area contributed by atoms with Crippen molar-refractivity contribution in [3.8, 4) is 11.1 Å². The topological polar surface area (TPSA) is 49.3 Å². The van der Waals surface area contributed by atoms with E-state index in [1.807, 2.05) is 63.2 Å². The molecule has 0 aliphatic rings. The lowest BCUT2D eigenvalue weighted by Gasteiger charge is -2.29. The van der Waals surface area contributed by atoms with Gasteiger partial charge in [0.25, 0.3) is 0 Å². The van der Waals surface area contributed by atoms with Crippen molar-refractivity contribution in [2.24, 2.45) is 0 Å². The summed E-state index contributed by atoms with van der Waals surface area (Å²) in [5.41, 5.74) is 6.88. The number of aryl methyl sites for hydroxylation is 3. The van der Waals surface area contributed by atoms with Crippen LogP contribution in [-0.4, -0.2) is 11.1 Å². The molecule has 0 atom stereocenters. The lowest BCUT2D eigenvalue weighted by molar-refractivity contribution is 0.0695. The fourth-order valence-electron chi connectivity index (χ4n) is 3.71. The lowest BCUT2D eigenvalue weighted by Crippen LogP contribution is -2.28. The molecule has 0 aliphatic carbocycles. The van der Waals surface area contributed by atoms with Crippen LogP contribution in [0.2, 0.25) is 5.02 Å². The number of hydrogen-bond acceptors (Lipinski definition) is 2. The number of halogens is 1. The summed E-state index contributed by atoms with van der Waals surface area (Å²) in [4.78, 5) is 11.5. The molecular weight excluding hydrogens is 382 g/mol. The smallest absolute Gasteiger partial charge is 0.336 e. The number of aromatic carboxylic acids is 1. The highest BCUT2D eigenvalue weighted by Gasteiger charge is 2.21. The van der Waals surface area contributed by atoms with Gasteiger partial charge in [0.05, 0.1) is 11.1 Å². The molecule has 3 rings (SSSR count). The first kappa shape index (κ1) is 20.9. The molecule has 0 bridgehead atoms. The Bertz CT molecular complexity index is 1060. The molecule has 0 saturated heterocycles. The van der Waals surface area contributed by atoms with Crippen LogP contribution in [0.25, 0.3) is 11.1 Å². The van der Waals surface area contributed by atoms with Gasteiger partial charge < -0.3 is 10.4 Å². The molecule has 29 heavy (non-hydrogen) atoms. The highest BCUT2D eigenvalue weighted by Crippen LogP contribution is 2.31. The fraction of sp³-hybridized carbons (Fsp3) is 0.240. The van der Waals surface area contributed by atoms with Gasteiger partial charge in [-0.1, -0.05) is 48.0 Å². The van der Waals surface area contributed by atoms with Crippen molar-refractivity contribution in [1.82, 2.24) is 0 Å². The predicted octanol–water partition coefficient (Wildman–Crippen LogP) is 6.98. The van der Waals surface area contributed by atoms with E-state index in [1.165, 1.54) is 0 Å². The standard InChI is InChI=1S/C25H26ClNO2/c1-15-13-20(9-10-22(15)26)25(4,5)27-21-8-6-7-18(14-21)19-11-16(2)23(24(28)29)17(3)12-19/h6-14,27H,1-5H3,(H,28,29). The fourth-order valence-corrected chi connectivity index (χ4v) is 3.83. The molecule has 0 saturated carbocycles. The molecule has 3 aromatic carbocycles. The van der Waals surface area contributed by atoms with E-state index in [-0.39, 0.29) is 5.54 Å². The van der Waals surface area contributed by atoms with Crippen LogP contribution in [0, 0.1) is 20.8 Å². The number of benzene rings is 3. The number of rotatable bonds is 5. The molecule has 0 radical (unpaired) electrons. The molecule has 2 N–H and O–H groups in total. The number of carbonyl (C=O) groups is 1. The summed E-state index contributed by atoms with van der Waals surface area (Å²) < 4.78 is 0. The van der Waals surface area contributed by atoms with E-state index < -0.39 is 5.97 Å². The number of anilines is 1. The maximum Gasteiger partial charge on any atom is 0.336 e. The van der Waals surface area contributed by atoms with Crippen molar-refractivity contribution in [2.45, 2.75) is 40.2 Å². The van der Waals surface area contributed by atoms with E-state index in [0.717, 1.165) is 44.1 Å². The van der Waals surface area contributed by atoms with Crippen LogP contribution < -0.4 is 5.32 Å². The highest BCUT2D eigenvalue weighted by atomic mass is 35.5. The molecule has 0 aromatic heterocycles. The Balaban J connectivity index is 1.94. The van der Waals surface area contributed by atoms with E-state index in [1.54, 1.807) is 0 Å². The summed E-state index contributed by atoms with van der Waals surface area (Å²) in [5, 5.41) is 13.8. The summed E-state index contributed by atoms with van der Waals surface area (Å²) in [6, 6.07) is 18.1. The van der Waals surface area contributed by atoms with E-state index in [4.69, 9.17) is 11.6 Å². The zero-order valence-corrected chi connectivity index (χ0v) is 18.2. The summed E-state index contributed by atoms with van der Waals surface area (Å²) in [5.74, 6) is -0.887. The van der Waals surface area contributed by atoms with Gasteiger partial charge in [-0.05, 0) is 86.2 Å². The zero-order chi connectivity index (χ0) is 21.3. The van der Waals surface area contributed by atoms with Crippen LogP contribution in [0.3, 0.4) is 0 Å². The molecule has 0 fully saturated rings. The molecule has 4 heteroatoms. The number of carboxylic acids is 1. The number of carboxylic acid groups (broad SMARTS) is 1. The van der Waals surface area contributed by atoms with Crippen LogP contribution >= 0.6 is 11.6 Å². The van der Waals surface area contributed by atoms with Crippen LogP contribution in [0.5, 0.6) is 0 Å². The predicted molar refractivity (Wildman–Crippen MR) is 121 cm³/mol. The molecule has 3 aromatic rings. The van der Waals surface area contributed by atoms with Gasteiger partial charge in [0, 0.05) is 10.7 Å². The minimum absolute atomic E-state index is 0.285. The van der Waals surface area contributed by atoms with E-state index in [2.05, 4.69) is 31.3 Å². The number of hydrogen-bond donors (Lipinski definition) is 2. The highest BCUT2D eigenvalue weighted by molar-refractivity contribution is 6.31. The lowest BCUT2D eigenvalue weighted by atomic mass is 9.92. The Morgan fingerprint density at radius 3 is 2.14 bits per heavy atom. The molecule has 0 unspecified atom stereocenters. The van der Waals surface area contributed by atoms with Crippen LogP contribution in [0.15, 0.2) is 54.6 Å². The Morgan fingerprint density at radius 1 is 0.897 bits per heavy atom. The van der Waals surface area contributed by atoms with E-state index in [0.29, 0.717) is 5.56 Å². The molecule has 0 amide bonds. The van der Waals surface area contributed by atoms with Gasteiger partial charge in [0.15, 0.2) is 0 Å². The van der Waals surface area contributed by atoms with Crippen molar-refractivity contribution in [3.63, 3.8) is 0 Å². The van der Waals surface area contributed by atoms with Crippen molar-refractivity contribution in [2.75, 3.05) is 5.32 Å². The first-order valence-corrected chi connectivity index (χ1v) is 9.96. The van der Waals surface area contributed by atoms with Gasteiger partial charge in [-0.3, -0.25) is 0 Å². The minimum Gasteiger partial charge on any atom is -0.478 e. The Labute approximate surface area is 177 Å². The van der Waals surface area contributed by atoms with Crippen molar-refractivity contribution in [3.05, 3.63) is 87.4 Å². The van der Waals surface area contributed by atoms with Crippen LogP contribution in [0.4, 0.5) is 5.69 Å². The van der Waals surface area contributed by atoms with Gasteiger partial charge in [-0.15, -0.1) is 0 Å². The summed E-state index contributed by atoms with van der Waals surface area (Å²) >= 11 is 6.18. The van der Waals surface area contributed by atoms with Crippen molar-refractivity contribution in [1.29, 1.82) is 0 Å². The second kappa shape index (κ2) is 7.92. The first-order chi connectivity index (χ1) is 13.6. The zero-order valence-electron chi connectivity index (χ0n) is 17.4. The first-order valence-electron chi connectivity index (χ1n) is 9.58. The summed E-state index contributed by atoms with van der Waals surface area (Å²) in [7, 11) is 0. The number of nitrogens with one attached hydrogen (secondary N) is 1. The molecular formula is C25H26ClNO2. The van der Waals surface area contributed by atoms with E-state index >= 15 is 0 Å². The summed E-state index contributed by atoms with van der Waals surface area (Å²) in [6.45, 7) is 9.96. The third-order valence-corrected chi connectivity index (χ3v) is 5.70. The van der Waals surface area contributed by atoms with Gasteiger partial charge in [-0.25, -0.2) is 4.79 Å². The molecule has 0 aliphatic heterocycles. The van der Waals surface area contributed by atoms with Crippen LogP contribution in [0.1, 0.15) is 46.5 Å². The minimum atomic E-state index is -0.887. The van der Waals surface area contributed by atoms with Crippen LogP contribution in [-0.2, 0) is 5.54 Å². The maximum absolute atomic E-state index is 11.5. The monoisotopic (exact) mass is 407 g/mol. The SMILES string of the molecule is Cc1cc(C(C)(C)Nc2cccc(-c3cc(C)c(C(=O)O)c(C)c3)c2)ccc1Cl. The van der Waals surface area contributed by atoms with E-state index in [9.17, 15) is 9.90 Å². The normalized spacial score (nSPS) is 11.4. The third-order valence-electron chi connectivity index (χ3n) is 5.28. The second-order valence-electron chi connectivity index (χ2n) is 8.08. The Hall–Kier alpha value is -2.78. The maximum atomic E-state index is 11.5. The average Bonchev–Trinajstić information content (AvgIpc) is 2.62. The largest absolute Gasteiger partial charge is 0.478 e. The molecule has 150 valence electrons. The third kappa shape index (κ3) is 4.46. The second-order valence-corrected chi connectivity index (χ2v) is 8.49. The molecule has 0 heterocycles. The van der Waals surface area contributed by atoms with Gasteiger partial charge in [-0.2, -0.15) is 0 Å². The van der Waals surface area contributed by atoms with Crippen molar-refractivity contribution < 1.29 is 9.90 Å². The Kier molecular flexibility index (Phi) is 5.72. The quantitative estimate of drug-likeness (QED) is 0.479. The van der Waals surface area contributed by atoms with Crippen molar-refractivity contribution >= 4 is 23.3 Å². The Morgan fingerprint density at radius 2 is 1.55 bits per heavy atom. The average molecular weight is 408 g/mol. The van der Waals surface area contributed by atoms with Gasteiger partial charge >= 0.3 is 5.97 Å². The van der Waals surface area contributed by atoms with Gasteiger partial charge in [0.2, 0.25) is 0 Å². The summed E-state index contributed by atoms with van der Waals surface area (Å²) in [6.07, 6.45) is 0.